The van der Waals surface area contributed by atoms with Crippen molar-refractivity contribution < 1.29 is 23.5 Å². The highest BCUT2D eigenvalue weighted by Crippen LogP contribution is 2.34. The Kier molecular flexibility index (Phi) is 4.69. The molecule has 1 aliphatic rings. The number of hydrogen-bond acceptors (Lipinski definition) is 5. The SMILES string of the molecule is CC(=O)N(CCC(=O)Nc1ccc2c(c1)OCO2)Cc1ccco1. The molecule has 7 nitrogen and oxygen atoms in total. The Morgan fingerprint density at radius 1 is 1.21 bits per heavy atom. The highest BCUT2D eigenvalue weighted by atomic mass is 16.7. The van der Waals surface area contributed by atoms with Crippen LogP contribution in [0.15, 0.2) is 41.0 Å². The fourth-order valence-electron chi connectivity index (χ4n) is 2.37. The molecule has 126 valence electrons. The number of anilines is 1. The van der Waals surface area contributed by atoms with Gasteiger partial charge in [-0.1, -0.05) is 0 Å². The molecule has 1 aromatic carbocycles. The van der Waals surface area contributed by atoms with E-state index in [2.05, 4.69) is 5.32 Å². The molecule has 0 saturated heterocycles. The number of furan rings is 1. The standard InChI is InChI=1S/C17H18N2O5/c1-12(20)19(10-14-3-2-8-22-14)7-6-17(21)18-13-4-5-15-16(9-13)24-11-23-15/h2-5,8-9H,6-7,10-11H2,1H3,(H,18,21). The molecule has 7 heteroatoms. The molecule has 2 heterocycles. The Morgan fingerprint density at radius 2 is 2.04 bits per heavy atom. The third-order valence-electron chi connectivity index (χ3n) is 3.64. The van der Waals surface area contributed by atoms with Crippen LogP contribution < -0.4 is 14.8 Å². The summed E-state index contributed by atoms with van der Waals surface area (Å²) in [6.07, 6.45) is 1.74. The molecule has 0 aliphatic carbocycles. The third-order valence-corrected chi connectivity index (χ3v) is 3.64. The van der Waals surface area contributed by atoms with Crippen molar-refractivity contribution in [3.8, 4) is 11.5 Å². The Labute approximate surface area is 139 Å². The first-order valence-corrected chi connectivity index (χ1v) is 7.59. The molecule has 2 aromatic rings. The Bertz CT molecular complexity index is 727. The van der Waals surface area contributed by atoms with Crippen molar-refractivity contribution >= 4 is 17.5 Å². The van der Waals surface area contributed by atoms with Crippen LogP contribution in [0.4, 0.5) is 5.69 Å². The van der Waals surface area contributed by atoms with Crippen molar-refractivity contribution in [3.63, 3.8) is 0 Å². The molecule has 0 radical (unpaired) electrons. The van der Waals surface area contributed by atoms with Gasteiger partial charge in [-0.2, -0.15) is 0 Å². The lowest BCUT2D eigenvalue weighted by atomic mass is 10.2. The average Bonchev–Trinajstić information content (AvgIpc) is 3.21. The van der Waals surface area contributed by atoms with Gasteiger partial charge in [-0.25, -0.2) is 0 Å². The molecule has 0 atom stereocenters. The van der Waals surface area contributed by atoms with Gasteiger partial charge in [-0.05, 0) is 24.3 Å². The van der Waals surface area contributed by atoms with E-state index >= 15 is 0 Å². The minimum atomic E-state index is -0.181. The highest BCUT2D eigenvalue weighted by molar-refractivity contribution is 5.91. The number of rotatable bonds is 6. The maximum atomic E-state index is 12.1. The smallest absolute Gasteiger partial charge is 0.231 e. The zero-order valence-electron chi connectivity index (χ0n) is 13.3. The maximum Gasteiger partial charge on any atom is 0.231 e. The summed E-state index contributed by atoms with van der Waals surface area (Å²) in [6.45, 7) is 2.32. The van der Waals surface area contributed by atoms with Crippen molar-refractivity contribution in [1.29, 1.82) is 0 Å². The van der Waals surface area contributed by atoms with E-state index in [-0.39, 0.29) is 25.0 Å². The van der Waals surface area contributed by atoms with Crippen LogP contribution in [0.25, 0.3) is 0 Å². The summed E-state index contributed by atoms with van der Waals surface area (Å²) in [5.74, 6) is 1.66. The summed E-state index contributed by atoms with van der Waals surface area (Å²) in [6, 6.07) is 8.77. The topological polar surface area (TPSA) is 81.0 Å². The first-order chi connectivity index (χ1) is 11.6. The number of carbonyl (C=O) groups excluding carboxylic acids is 2. The van der Waals surface area contributed by atoms with Crippen LogP contribution in [0.5, 0.6) is 11.5 Å². The second-order valence-electron chi connectivity index (χ2n) is 5.39. The van der Waals surface area contributed by atoms with Gasteiger partial charge >= 0.3 is 0 Å². The van der Waals surface area contributed by atoms with E-state index < -0.39 is 0 Å². The Balaban J connectivity index is 1.53. The van der Waals surface area contributed by atoms with Crippen LogP contribution in [0.2, 0.25) is 0 Å². The monoisotopic (exact) mass is 330 g/mol. The molecule has 1 aromatic heterocycles. The van der Waals surface area contributed by atoms with E-state index in [1.165, 1.54) is 6.92 Å². The zero-order valence-corrected chi connectivity index (χ0v) is 13.3. The number of hydrogen-bond donors (Lipinski definition) is 1. The summed E-state index contributed by atoms with van der Waals surface area (Å²) in [5.41, 5.74) is 0.629. The summed E-state index contributed by atoms with van der Waals surface area (Å²) in [7, 11) is 0. The first kappa shape index (κ1) is 15.9. The van der Waals surface area contributed by atoms with Crippen molar-refractivity contribution in [1.82, 2.24) is 4.90 Å². The molecule has 0 bridgehead atoms. The summed E-state index contributed by atoms with van der Waals surface area (Å²) < 4.78 is 15.7. The minimum absolute atomic E-state index is 0.109. The predicted molar refractivity (Wildman–Crippen MR) is 85.6 cm³/mol. The molecule has 0 spiro atoms. The van der Waals surface area contributed by atoms with Gasteiger partial charge in [0.25, 0.3) is 0 Å². The highest BCUT2D eigenvalue weighted by Gasteiger charge is 2.16. The quantitative estimate of drug-likeness (QED) is 0.879. The molecule has 1 N–H and O–H groups in total. The van der Waals surface area contributed by atoms with Gasteiger partial charge < -0.3 is 24.1 Å². The Morgan fingerprint density at radius 3 is 2.79 bits per heavy atom. The van der Waals surface area contributed by atoms with Crippen LogP contribution in [0.3, 0.4) is 0 Å². The molecule has 1 aliphatic heterocycles. The molecule has 0 unspecified atom stereocenters. The van der Waals surface area contributed by atoms with Gasteiger partial charge in [-0.3, -0.25) is 9.59 Å². The van der Waals surface area contributed by atoms with Crippen molar-refractivity contribution in [2.24, 2.45) is 0 Å². The first-order valence-electron chi connectivity index (χ1n) is 7.59. The fraction of sp³-hybridized carbons (Fsp3) is 0.294. The molecule has 3 rings (SSSR count). The van der Waals surface area contributed by atoms with Gasteiger partial charge in [-0.15, -0.1) is 0 Å². The average molecular weight is 330 g/mol. The van der Waals surface area contributed by atoms with Crippen LogP contribution in [-0.2, 0) is 16.1 Å². The number of fused-ring (bicyclic) bond motifs is 1. The predicted octanol–water partition coefficient (Wildman–Crippen LogP) is 2.39. The molecule has 0 fully saturated rings. The van der Waals surface area contributed by atoms with Crippen LogP contribution in [0.1, 0.15) is 19.1 Å². The van der Waals surface area contributed by atoms with Gasteiger partial charge in [0, 0.05) is 31.6 Å². The van der Waals surface area contributed by atoms with Crippen molar-refractivity contribution in [3.05, 3.63) is 42.4 Å². The molecular weight excluding hydrogens is 312 g/mol. The fourth-order valence-corrected chi connectivity index (χ4v) is 2.37. The van der Waals surface area contributed by atoms with Crippen LogP contribution in [-0.4, -0.2) is 30.1 Å². The lowest BCUT2D eigenvalue weighted by molar-refractivity contribution is -0.130. The molecule has 2 amide bonds. The maximum absolute atomic E-state index is 12.1. The number of amides is 2. The number of ether oxygens (including phenoxy) is 2. The number of nitrogens with one attached hydrogen (secondary N) is 1. The molecule has 24 heavy (non-hydrogen) atoms. The second kappa shape index (κ2) is 7.08. The zero-order chi connectivity index (χ0) is 16.9. The van der Waals surface area contributed by atoms with E-state index in [4.69, 9.17) is 13.9 Å². The number of nitrogens with zero attached hydrogens (tertiary/aromatic N) is 1. The van der Waals surface area contributed by atoms with Crippen LogP contribution in [0, 0.1) is 0 Å². The minimum Gasteiger partial charge on any atom is -0.467 e. The second-order valence-corrected chi connectivity index (χ2v) is 5.39. The van der Waals surface area contributed by atoms with E-state index in [9.17, 15) is 9.59 Å². The normalized spacial score (nSPS) is 12.0. The van der Waals surface area contributed by atoms with Gasteiger partial charge in [0.1, 0.15) is 5.76 Å². The van der Waals surface area contributed by atoms with Crippen molar-refractivity contribution in [2.45, 2.75) is 19.9 Å². The summed E-state index contributed by atoms with van der Waals surface area (Å²) >= 11 is 0. The van der Waals surface area contributed by atoms with E-state index in [0.717, 1.165) is 0 Å². The van der Waals surface area contributed by atoms with E-state index in [0.29, 0.717) is 36.0 Å². The Hall–Kier alpha value is -2.96. The van der Waals surface area contributed by atoms with E-state index in [1.807, 2.05) is 0 Å². The van der Waals surface area contributed by atoms with Gasteiger partial charge in [0.15, 0.2) is 11.5 Å². The molecular formula is C17H18N2O5. The van der Waals surface area contributed by atoms with Gasteiger partial charge in [0.05, 0.1) is 12.8 Å². The lowest BCUT2D eigenvalue weighted by Gasteiger charge is -2.19. The number of carbonyl (C=O) groups is 2. The van der Waals surface area contributed by atoms with Crippen molar-refractivity contribution in [2.75, 3.05) is 18.7 Å². The number of benzene rings is 1. The third kappa shape index (κ3) is 3.87. The molecule has 0 saturated carbocycles. The lowest BCUT2D eigenvalue weighted by Crippen LogP contribution is -2.31. The van der Waals surface area contributed by atoms with Gasteiger partial charge in [0.2, 0.25) is 18.6 Å². The summed E-state index contributed by atoms with van der Waals surface area (Å²) in [5, 5.41) is 2.79. The summed E-state index contributed by atoms with van der Waals surface area (Å²) in [4.78, 5) is 25.4. The largest absolute Gasteiger partial charge is 0.467 e. The van der Waals surface area contributed by atoms with Crippen LogP contribution >= 0.6 is 0 Å². The van der Waals surface area contributed by atoms with E-state index in [1.54, 1.807) is 41.5 Å².